The van der Waals surface area contributed by atoms with Crippen molar-refractivity contribution in [2.75, 3.05) is 0 Å². The summed E-state index contributed by atoms with van der Waals surface area (Å²) < 4.78 is 21.3. The first-order valence-electron chi connectivity index (χ1n) is 8.32. The first kappa shape index (κ1) is 20.2. The van der Waals surface area contributed by atoms with Gasteiger partial charge in [0.05, 0.1) is 32.1 Å². The molecule has 0 saturated carbocycles. The molecule has 0 saturated heterocycles. The number of rotatable bonds is 3. The van der Waals surface area contributed by atoms with E-state index in [1.165, 1.54) is 15.8 Å². The van der Waals surface area contributed by atoms with Crippen molar-refractivity contribution in [2.24, 2.45) is 0 Å². The highest BCUT2D eigenvalue weighted by Crippen LogP contribution is 2.30. The van der Waals surface area contributed by atoms with Gasteiger partial charge in [0.2, 0.25) is 5.36 Å². The number of nitrogens with zero attached hydrogens (tertiary/aromatic N) is 1. The van der Waals surface area contributed by atoms with Crippen molar-refractivity contribution in [1.82, 2.24) is 4.98 Å². The molecule has 2 N–H and O–H groups in total. The third-order valence-corrected chi connectivity index (χ3v) is 5.29. The number of hydrogen-bond acceptors (Lipinski definition) is 6. The average Bonchev–Trinajstić information content (AvgIpc) is 2.68. The highest BCUT2D eigenvalue weighted by atomic mass is 32.2. The van der Waals surface area contributed by atoms with E-state index in [1.54, 1.807) is 11.3 Å². The van der Waals surface area contributed by atoms with Gasteiger partial charge in [0, 0.05) is 18.1 Å². The second kappa shape index (κ2) is 9.13. The summed E-state index contributed by atoms with van der Waals surface area (Å²) in [6.45, 7) is 2.10. The molecule has 2 aliphatic rings. The smallest absolute Gasteiger partial charge is 0.201 e. The van der Waals surface area contributed by atoms with Crippen LogP contribution in [0.25, 0.3) is 20.8 Å². The van der Waals surface area contributed by atoms with Gasteiger partial charge in [-0.05, 0) is 36.2 Å². The molecule has 0 aromatic heterocycles. The van der Waals surface area contributed by atoms with Crippen LogP contribution in [-0.2, 0) is 22.1 Å². The molecule has 0 fully saturated rings. The van der Waals surface area contributed by atoms with Gasteiger partial charge in [-0.15, -0.1) is 11.3 Å². The molecule has 2 aromatic rings. The summed E-state index contributed by atoms with van der Waals surface area (Å²) in [7, 11) is 0. The summed E-state index contributed by atoms with van der Waals surface area (Å²) in [5.74, 6) is 0. The van der Waals surface area contributed by atoms with Crippen molar-refractivity contribution >= 4 is 32.9 Å². The number of hydrogen-bond donors (Lipinski definition) is 1. The minimum atomic E-state index is -2.88. The monoisotopic (exact) mass is 413 g/mol. The maximum absolute atomic E-state index is 8.83. The Kier molecular flexibility index (Phi) is 6.61. The van der Waals surface area contributed by atoms with Crippen molar-refractivity contribution in [2.45, 2.75) is 13.3 Å². The van der Waals surface area contributed by atoms with Crippen LogP contribution in [0.5, 0.6) is 0 Å². The molecule has 8 heteroatoms. The number of nitrogens with two attached hydrogens (primary N) is 1. The minimum Gasteiger partial charge on any atom is -0.750 e. The Bertz CT molecular complexity index is 1150. The Labute approximate surface area is 168 Å². The number of aryl methyl sites for hydroxylation is 1. The predicted molar refractivity (Wildman–Crippen MR) is 105 cm³/mol. The van der Waals surface area contributed by atoms with E-state index < -0.39 is 11.4 Å². The maximum atomic E-state index is 8.83. The Morgan fingerprint density at radius 3 is 2.54 bits per heavy atom. The zero-order valence-electron chi connectivity index (χ0n) is 15.0. The minimum absolute atomic E-state index is 0.834. The molecule has 1 aliphatic carbocycles. The predicted octanol–water partition coefficient (Wildman–Crippen LogP) is 1.03. The van der Waals surface area contributed by atoms with Crippen molar-refractivity contribution in [3.63, 3.8) is 0 Å². The van der Waals surface area contributed by atoms with Crippen LogP contribution in [0, 0.1) is 6.92 Å². The first-order valence-corrected chi connectivity index (χ1v) is 10.1. The van der Waals surface area contributed by atoms with Crippen molar-refractivity contribution in [3.05, 3.63) is 82.7 Å². The first-order chi connectivity index (χ1) is 13.5. The molecule has 144 valence electrons. The summed E-state index contributed by atoms with van der Waals surface area (Å²) in [5, 5.41) is 15.6. The highest BCUT2D eigenvalue weighted by Gasteiger charge is 2.12. The summed E-state index contributed by atoms with van der Waals surface area (Å²) in [5.41, 5.74) is 5.71. The van der Waals surface area contributed by atoms with Gasteiger partial charge in [-0.2, -0.15) is 0 Å². The van der Waals surface area contributed by atoms with Crippen LogP contribution >= 0.6 is 11.3 Å². The molecule has 1 unspecified atom stereocenters. The highest BCUT2D eigenvalue weighted by molar-refractivity contribution is 7.73. The molecule has 1 atom stereocenters. The van der Waals surface area contributed by atoms with E-state index in [2.05, 4.69) is 65.9 Å². The summed E-state index contributed by atoms with van der Waals surface area (Å²) in [4.78, 5) is 5.95. The molecule has 0 bridgehead atoms. The quantitative estimate of drug-likeness (QED) is 0.233. The van der Waals surface area contributed by atoms with Gasteiger partial charge < -0.3 is 14.1 Å². The van der Waals surface area contributed by atoms with E-state index in [0.717, 1.165) is 33.4 Å². The van der Waals surface area contributed by atoms with E-state index >= 15 is 0 Å². The molecule has 28 heavy (non-hydrogen) atoms. The third kappa shape index (κ3) is 5.06. The van der Waals surface area contributed by atoms with Crippen LogP contribution < -0.4 is 16.0 Å². The van der Waals surface area contributed by atoms with Crippen molar-refractivity contribution < 1.29 is 23.8 Å². The van der Waals surface area contributed by atoms with Crippen LogP contribution in [-0.4, -0.2) is 13.7 Å². The molecule has 0 spiro atoms. The van der Waals surface area contributed by atoms with Gasteiger partial charge in [-0.25, -0.2) is 9.19 Å². The second-order valence-corrected chi connectivity index (χ2v) is 7.77. The lowest BCUT2D eigenvalue weighted by molar-refractivity contribution is -0.635. The van der Waals surface area contributed by atoms with E-state index in [4.69, 9.17) is 24.4 Å². The third-order valence-electron chi connectivity index (χ3n) is 4.09. The summed E-state index contributed by atoms with van der Waals surface area (Å²) in [6.07, 6.45) is 0.834. The molecular weight excluding hydrogens is 396 g/mol. The summed E-state index contributed by atoms with van der Waals surface area (Å²) >= 11 is -1.13. The van der Waals surface area contributed by atoms with E-state index in [1.807, 2.05) is 6.07 Å². The van der Waals surface area contributed by atoms with Gasteiger partial charge in [0.1, 0.15) is 0 Å². The zero-order chi connectivity index (χ0) is 20.1. The van der Waals surface area contributed by atoms with E-state index in [9.17, 15) is 0 Å². The largest absolute Gasteiger partial charge is 0.750 e. The zero-order valence-corrected chi connectivity index (χ0v) is 16.6. The van der Waals surface area contributed by atoms with Crippen molar-refractivity contribution in [1.29, 1.82) is 0 Å². The fraction of sp³-hybridized carbons (Fsp3) is 0.100. The molecule has 0 radical (unpaired) electrons. The van der Waals surface area contributed by atoms with Gasteiger partial charge in [-0.1, -0.05) is 36.4 Å². The molecule has 0 amide bonds. The van der Waals surface area contributed by atoms with E-state index in [-0.39, 0.29) is 0 Å². The second-order valence-electron chi connectivity index (χ2n) is 6.14. The van der Waals surface area contributed by atoms with Crippen LogP contribution in [0.1, 0.15) is 16.7 Å². The van der Waals surface area contributed by atoms with E-state index in [0.29, 0.717) is 0 Å². The average molecular weight is 414 g/mol. The summed E-state index contributed by atoms with van der Waals surface area (Å²) in [6, 6.07) is 21.0. The lowest BCUT2D eigenvalue weighted by Crippen LogP contribution is -2.47. The van der Waals surface area contributed by atoms with Gasteiger partial charge >= 0.3 is 0 Å². The topological polar surface area (TPSA) is 111 Å². The molecular formula is C20H17N2O4S2-. The molecule has 1 aliphatic heterocycles. The Balaban J connectivity index is 0.000000403. The SMILES string of the molecule is Cc1ccc2nc3cc(Cc4ccccc4)c(=[NH2+])cc-3sc2c1.O=S([O-])O[O-]. The molecule has 1 heterocycles. The van der Waals surface area contributed by atoms with Gasteiger partial charge in [0.25, 0.3) is 0 Å². The Hall–Kier alpha value is -2.49. The lowest BCUT2D eigenvalue weighted by Gasteiger charge is -2.08. The Morgan fingerprint density at radius 1 is 1.14 bits per heavy atom. The Morgan fingerprint density at radius 2 is 1.86 bits per heavy atom. The molecule has 6 nitrogen and oxygen atoms in total. The van der Waals surface area contributed by atoms with Crippen LogP contribution in [0.2, 0.25) is 0 Å². The number of benzene rings is 3. The maximum Gasteiger partial charge on any atom is 0.201 e. The standard InChI is InChI=1S/C20H16N2S.H2O4S/c1-13-7-8-17-19(9-13)23-20-12-16(21)15(11-18(20)22-17)10-14-5-3-2-4-6-14;1-4-5(2)3/h2-9,11-12,21H,10H2,1H3;1H,(H,2,3)/p-1. The van der Waals surface area contributed by atoms with Crippen LogP contribution in [0.4, 0.5) is 0 Å². The normalized spacial score (nSPS) is 11.8. The van der Waals surface area contributed by atoms with Gasteiger partial charge in [-0.3, -0.25) is 5.41 Å². The van der Waals surface area contributed by atoms with Crippen LogP contribution in [0.15, 0.2) is 60.7 Å². The van der Waals surface area contributed by atoms with Crippen LogP contribution in [0.3, 0.4) is 0 Å². The molecule has 4 rings (SSSR count). The van der Waals surface area contributed by atoms with Gasteiger partial charge in [0.15, 0.2) is 0 Å². The van der Waals surface area contributed by atoms with Crippen molar-refractivity contribution in [3.8, 4) is 10.6 Å². The fourth-order valence-corrected chi connectivity index (χ4v) is 3.90. The lowest BCUT2D eigenvalue weighted by atomic mass is 10.0. The molecule has 2 aromatic carbocycles. The fourth-order valence-electron chi connectivity index (χ4n) is 2.81. The number of fused-ring (bicyclic) bond motifs is 2. The number of aromatic nitrogens is 1.